The number of aromatic hydroxyl groups is 1. The Kier molecular flexibility index (Phi) is 10.4. The molecule has 12 nitrogen and oxygen atoms in total. The summed E-state index contributed by atoms with van der Waals surface area (Å²) in [6.45, 7) is 0.146. The second-order valence-electron chi connectivity index (χ2n) is 15.0. The fourth-order valence-corrected chi connectivity index (χ4v) is 9.39. The summed E-state index contributed by atoms with van der Waals surface area (Å²) in [4.78, 5) is 64.9. The van der Waals surface area contributed by atoms with E-state index in [0.29, 0.717) is 27.7 Å². The van der Waals surface area contributed by atoms with Crippen LogP contribution in [0.2, 0.25) is 10.0 Å². The lowest BCUT2D eigenvalue weighted by Crippen LogP contribution is -2.46. The van der Waals surface area contributed by atoms with Crippen molar-refractivity contribution in [2.75, 3.05) is 24.1 Å². The lowest BCUT2D eigenvalue weighted by atomic mass is 9.57. The van der Waals surface area contributed by atoms with E-state index in [2.05, 4.69) is 9.97 Å². The molecule has 1 N–H and O–H groups in total. The van der Waals surface area contributed by atoms with Crippen LogP contribution in [0.15, 0.2) is 84.4 Å². The first kappa shape index (κ1) is 41.8. The molecule has 1 saturated carbocycles. The first-order valence-corrected chi connectivity index (χ1v) is 19.4. The monoisotopic (exact) mass is 888 g/mol. The van der Waals surface area contributed by atoms with Crippen LogP contribution < -0.4 is 14.8 Å². The van der Waals surface area contributed by atoms with E-state index in [1.54, 1.807) is 12.1 Å². The number of rotatable bonds is 8. The smallest absolute Gasteiger partial charge is 0.433 e. The molecular formula is C41H32Cl2F6N6O6. The molecule has 6 atom stereocenters. The maximum Gasteiger partial charge on any atom is 0.433 e. The molecule has 2 aliphatic heterocycles. The number of amides is 4. The van der Waals surface area contributed by atoms with Gasteiger partial charge < -0.3 is 9.84 Å². The van der Waals surface area contributed by atoms with Crippen LogP contribution >= 0.6 is 23.2 Å². The molecule has 0 spiro atoms. The van der Waals surface area contributed by atoms with Gasteiger partial charge in [-0.3, -0.25) is 29.2 Å². The Labute approximate surface area is 352 Å². The van der Waals surface area contributed by atoms with Gasteiger partial charge in [0.2, 0.25) is 0 Å². The van der Waals surface area contributed by atoms with Gasteiger partial charge in [0.15, 0.2) is 11.6 Å². The highest BCUT2D eigenvalue weighted by Crippen LogP contribution is 2.59. The molecule has 4 aliphatic rings. The van der Waals surface area contributed by atoms with Crippen molar-refractivity contribution in [1.82, 2.24) is 20.0 Å². The fourth-order valence-electron chi connectivity index (χ4n) is 8.93. The molecule has 0 radical (unpaired) electrons. The number of aromatic nitrogens is 2. The minimum atomic E-state index is -4.90. The summed E-state index contributed by atoms with van der Waals surface area (Å²) in [5.74, 6) is -11.4. The number of allylic oxidation sites excluding steroid dienone is 2. The molecule has 4 amide bonds. The summed E-state index contributed by atoms with van der Waals surface area (Å²) in [5, 5.41) is 14.0. The first-order valence-electron chi connectivity index (χ1n) is 18.7. The second kappa shape index (κ2) is 15.2. The molecule has 318 valence electrons. The number of hydrogen-bond donors (Lipinski definition) is 1. The molecule has 3 fully saturated rings. The van der Waals surface area contributed by atoms with Gasteiger partial charge in [0.05, 0.1) is 33.7 Å². The average Bonchev–Trinajstić information content (AvgIpc) is 3.62. The van der Waals surface area contributed by atoms with Crippen molar-refractivity contribution < 1.29 is 55.4 Å². The van der Waals surface area contributed by atoms with Crippen molar-refractivity contribution in [3.05, 3.63) is 117 Å². The van der Waals surface area contributed by atoms with Crippen LogP contribution in [0.4, 0.5) is 38.0 Å². The highest BCUT2D eigenvalue weighted by atomic mass is 35.5. The zero-order chi connectivity index (χ0) is 43.9. The number of phenolic OH excluding ortho intramolecular Hbond substituents is 1. The number of nitrogens with zero attached hydrogens (tertiary/aromatic N) is 6. The molecule has 2 saturated heterocycles. The summed E-state index contributed by atoms with van der Waals surface area (Å²) in [5.41, 5.74) is -1.24. The standard InChI is InChI=1S/C41H32Cl2F6N6O6/c1-52(34-26(42)12-14-29(50-34)40(44,45)46)54-36(57)23-11-10-21-24(32(23)38(54)59)17-25-33(31(21)22-9-8-20(16-28(22)56)61-18-19-6-4-3-5-7-19)39(60)55(37(25)58)53(2)35-27(43)13-15-30(51-35)41(47,48)49/h3-10,12-16,23-25,31-33,56H,11,17-18H2,1-2H3. The van der Waals surface area contributed by atoms with Gasteiger partial charge in [-0.05, 0) is 54.7 Å². The van der Waals surface area contributed by atoms with Gasteiger partial charge in [-0.25, -0.2) is 9.97 Å². The number of anilines is 2. The number of imide groups is 2. The Hall–Kier alpha value is -5.88. The van der Waals surface area contributed by atoms with Crippen LogP contribution in [0.5, 0.6) is 11.5 Å². The zero-order valence-electron chi connectivity index (χ0n) is 31.8. The van der Waals surface area contributed by atoms with Crippen molar-refractivity contribution in [2.24, 2.45) is 29.6 Å². The van der Waals surface area contributed by atoms with E-state index in [1.807, 2.05) is 30.3 Å². The van der Waals surface area contributed by atoms with Crippen LogP contribution in [0, 0.1) is 29.6 Å². The van der Waals surface area contributed by atoms with E-state index in [-0.39, 0.29) is 46.6 Å². The van der Waals surface area contributed by atoms with E-state index >= 15 is 0 Å². The molecule has 8 rings (SSSR count). The van der Waals surface area contributed by atoms with Crippen LogP contribution in [-0.2, 0) is 38.1 Å². The van der Waals surface area contributed by atoms with Gasteiger partial charge in [0.1, 0.15) is 29.5 Å². The van der Waals surface area contributed by atoms with Gasteiger partial charge in [0, 0.05) is 31.6 Å². The maximum atomic E-state index is 14.6. The summed E-state index contributed by atoms with van der Waals surface area (Å²) in [6.07, 6.45) is -8.40. The van der Waals surface area contributed by atoms with Crippen molar-refractivity contribution in [3.8, 4) is 11.5 Å². The van der Waals surface area contributed by atoms with Crippen LogP contribution in [0.3, 0.4) is 0 Å². The number of hydrazine groups is 2. The lowest BCUT2D eigenvalue weighted by molar-refractivity contribution is -0.143. The van der Waals surface area contributed by atoms with Crippen LogP contribution in [0.1, 0.15) is 41.3 Å². The van der Waals surface area contributed by atoms with E-state index in [0.717, 1.165) is 41.8 Å². The third-order valence-electron chi connectivity index (χ3n) is 11.6. The number of pyridine rings is 2. The Balaban J connectivity index is 1.18. The maximum absolute atomic E-state index is 14.6. The van der Waals surface area contributed by atoms with Gasteiger partial charge in [0.25, 0.3) is 23.6 Å². The normalized spacial score (nSPS) is 23.7. The SMILES string of the molecule is CN(c1nc(C(F)(F)F)ccc1Cl)N1C(=O)C2CC=C3C(CC4C(=O)N(N(C)c5nc(C(F)(F)F)ccc5Cl)C(=O)C4C3c3ccc(OCc4ccccc4)cc3O)C2C1=O. The molecule has 4 heterocycles. The van der Waals surface area contributed by atoms with Crippen molar-refractivity contribution in [3.63, 3.8) is 0 Å². The van der Waals surface area contributed by atoms with Crippen molar-refractivity contribution in [1.29, 1.82) is 0 Å². The number of alkyl halides is 6. The van der Waals surface area contributed by atoms with E-state index < -0.39 is 94.5 Å². The van der Waals surface area contributed by atoms with E-state index in [1.165, 1.54) is 12.1 Å². The summed E-state index contributed by atoms with van der Waals surface area (Å²) < 4.78 is 88.1. The molecule has 2 aromatic carbocycles. The number of halogens is 8. The number of benzene rings is 2. The molecular weight excluding hydrogens is 857 g/mol. The predicted molar refractivity (Wildman–Crippen MR) is 205 cm³/mol. The number of ether oxygens (including phenoxy) is 1. The fraction of sp³-hybridized carbons (Fsp3) is 0.317. The lowest BCUT2D eigenvalue weighted by Gasteiger charge is -2.44. The van der Waals surface area contributed by atoms with E-state index in [9.17, 15) is 50.6 Å². The summed E-state index contributed by atoms with van der Waals surface area (Å²) in [6, 6.07) is 16.7. The van der Waals surface area contributed by atoms with Gasteiger partial charge in [-0.15, -0.1) is 0 Å². The highest BCUT2D eigenvalue weighted by Gasteiger charge is 2.63. The quantitative estimate of drug-likeness (QED) is 0.106. The molecule has 4 aromatic rings. The topological polar surface area (TPSA) is 136 Å². The third-order valence-corrected chi connectivity index (χ3v) is 12.2. The Morgan fingerprint density at radius 3 is 1.80 bits per heavy atom. The third kappa shape index (κ3) is 7.18. The Morgan fingerprint density at radius 2 is 1.26 bits per heavy atom. The highest BCUT2D eigenvalue weighted by molar-refractivity contribution is 6.33. The largest absolute Gasteiger partial charge is 0.508 e. The van der Waals surface area contributed by atoms with Crippen molar-refractivity contribution >= 4 is 58.5 Å². The predicted octanol–water partition coefficient (Wildman–Crippen LogP) is 7.84. The molecule has 2 aromatic heterocycles. The minimum absolute atomic E-state index is 0.0718. The number of carbonyl (C=O) groups is 4. The average molecular weight is 890 g/mol. The van der Waals surface area contributed by atoms with Crippen molar-refractivity contribution in [2.45, 2.75) is 37.7 Å². The van der Waals surface area contributed by atoms with Crippen LogP contribution in [0.25, 0.3) is 0 Å². The molecule has 20 heteroatoms. The Morgan fingerprint density at radius 1 is 0.721 bits per heavy atom. The molecule has 6 unspecified atom stereocenters. The molecule has 2 aliphatic carbocycles. The minimum Gasteiger partial charge on any atom is -0.508 e. The second-order valence-corrected chi connectivity index (χ2v) is 15.9. The molecule has 0 bridgehead atoms. The van der Waals surface area contributed by atoms with E-state index in [4.69, 9.17) is 27.9 Å². The Bertz CT molecular complexity index is 2510. The van der Waals surface area contributed by atoms with Gasteiger partial charge >= 0.3 is 12.4 Å². The summed E-state index contributed by atoms with van der Waals surface area (Å²) in [7, 11) is 2.31. The van der Waals surface area contributed by atoms with Crippen LogP contribution in [-0.4, -0.2) is 62.8 Å². The first-order chi connectivity index (χ1) is 28.8. The van der Waals surface area contributed by atoms with Gasteiger partial charge in [-0.2, -0.15) is 36.4 Å². The number of fused-ring (bicyclic) bond motifs is 4. The number of hydrogen-bond acceptors (Lipinski definition) is 10. The summed E-state index contributed by atoms with van der Waals surface area (Å²) >= 11 is 12.5. The number of carbonyl (C=O) groups excluding carboxylic acids is 4. The number of phenols is 1. The van der Waals surface area contributed by atoms with Gasteiger partial charge in [-0.1, -0.05) is 71.2 Å². The zero-order valence-corrected chi connectivity index (χ0v) is 33.3. The molecule has 61 heavy (non-hydrogen) atoms.